The van der Waals surface area contributed by atoms with Gasteiger partial charge < -0.3 is 20.4 Å². The van der Waals surface area contributed by atoms with Crippen molar-refractivity contribution in [2.45, 2.75) is 20.0 Å². The number of nitrogens with zero attached hydrogens (tertiary/aromatic N) is 4. The fraction of sp³-hybridized carbons (Fsp3) is 0.429. The van der Waals surface area contributed by atoms with Crippen LogP contribution in [-0.2, 0) is 13.1 Å². The third-order valence-electron chi connectivity index (χ3n) is 4.77. The number of aliphatic imine (C=N–C) groups is 1. The molecule has 1 aliphatic heterocycles. The van der Waals surface area contributed by atoms with Gasteiger partial charge in [-0.3, -0.25) is 0 Å². The topological polar surface area (TPSA) is 55.8 Å². The predicted octanol–water partition coefficient (Wildman–Crippen LogP) is 2.23. The molecule has 0 amide bonds. The van der Waals surface area contributed by atoms with Crippen LogP contribution in [0.2, 0.25) is 0 Å². The summed E-state index contributed by atoms with van der Waals surface area (Å²) in [4.78, 5) is 13.9. The van der Waals surface area contributed by atoms with Gasteiger partial charge in [0.1, 0.15) is 11.6 Å². The van der Waals surface area contributed by atoms with Gasteiger partial charge in [0.25, 0.3) is 0 Å². The minimum Gasteiger partial charge on any atom is -0.357 e. The number of halogens is 1. The first-order chi connectivity index (χ1) is 13.6. The fourth-order valence-electron chi connectivity index (χ4n) is 3.03. The summed E-state index contributed by atoms with van der Waals surface area (Å²) in [6.07, 6.45) is 1.90. The molecule has 0 bridgehead atoms. The van der Waals surface area contributed by atoms with Crippen LogP contribution in [0, 0.1) is 5.82 Å². The van der Waals surface area contributed by atoms with Crippen molar-refractivity contribution >= 4 is 11.8 Å². The van der Waals surface area contributed by atoms with E-state index in [0.29, 0.717) is 13.1 Å². The maximum absolute atomic E-state index is 13.0. The van der Waals surface area contributed by atoms with Crippen LogP contribution >= 0.6 is 0 Å². The zero-order valence-electron chi connectivity index (χ0n) is 16.7. The molecule has 2 aromatic rings. The van der Waals surface area contributed by atoms with Gasteiger partial charge in [-0.1, -0.05) is 18.2 Å². The van der Waals surface area contributed by atoms with E-state index in [9.17, 15) is 4.39 Å². The Hall–Kier alpha value is -2.67. The molecule has 2 N–H and O–H groups in total. The molecule has 150 valence electrons. The number of guanidine groups is 1. The van der Waals surface area contributed by atoms with E-state index in [2.05, 4.69) is 49.6 Å². The van der Waals surface area contributed by atoms with Gasteiger partial charge in [0, 0.05) is 45.5 Å². The minimum atomic E-state index is -0.225. The van der Waals surface area contributed by atoms with E-state index in [-0.39, 0.29) is 5.82 Å². The van der Waals surface area contributed by atoms with E-state index >= 15 is 0 Å². The van der Waals surface area contributed by atoms with Gasteiger partial charge in [0.15, 0.2) is 5.96 Å². The summed E-state index contributed by atoms with van der Waals surface area (Å²) >= 11 is 0. The molecule has 1 aromatic carbocycles. The summed E-state index contributed by atoms with van der Waals surface area (Å²) in [6, 6.07) is 10.6. The molecule has 0 spiro atoms. The number of benzene rings is 1. The number of pyridine rings is 1. The molecule has 0 radical (unpaired) electrons. The van der Waals surface area contributed by atoms with Crippen LogP contribution in [-0.4, -0.2) is 55.6 Å². The highest BCUT2D eigenvalue weighted by Crippen LogP contribution is 2.14. The number of hydrogen-bond acceptors (Lipinski definition) is 4. The van der Waals surface area contributed by atoms with Gasteiger partial charge >= 0.3 is 0 Å². The highest BCUT2D eigenvalue weighted by molar-refractivity contribution is 5.79. The summed E-state index contributed by atoms with van der Waals surface area (Å²) in [5.74, 6) is 1.54. The largest absolute Gasteiger partial charge is 0.357 e. The van der Waals surface area contributed by atoms with Gasteiger partial charge in [-0.05, 0) is 43.3 Å². The highest BCUT2D eigenvalue weighted by Gasteiger charge is 2.14. The molecule has 7 heteroatoms. The monoisotopic (exact) mass is 384 g/mol. The van der Waals surface area contributed by atoms with Crippen molar-refractivity contribution < 1.29 is 4.39 Å². The normalized spacial score (nSPS) is 15.5. The van der Waals surface area contributed by atoms with E-state index in [1.54, 1.807) is 12.1 Å². The first-order valence-corrected chi connectivity index (χ1v) is 9.79. The average molecular weight is 385 g/mol. The van der Waals surface area contributed by atoms with Gasteiger partial charge in [0.05, 0.1) is 6.54 Å². The molecule has 1 aliphatic rings. The number of rotatable bonds is 6. The van der Waals surface area contributed by atoms with Gasteiger partial charge in [-0.2, -0.15) is 0 Å². The molecular formula is C21H29FN6. The number of hydrogen-bond donors (Lipinski definition) is 2. The second-order valence-corrected chi connectivity index (χ2v) is 6.99. The van der Waals surface area contributed by atoms with Crippen LogP contribution in [0.25, 0.3) is 0 Å². The molecule has 1 fully saturated rings. The van der Waals surface area contributed by atoms with Crippen molar-refractivity contribution in [3.63, 3.8) is 0 Å². The minimum absolute atomic E-state index is 0.225. The number of nitrogens with one attached hydrogen (secondary N) is 2. The lowest BCUT2D eigenvalue weighted by Crippen LogP contribution is -2.44. The van der Waals surface area contributed by atoms with Gasteiger partial charge in [-0.15, -0.1) is 0 Å². The Morgan fingerprint density at radius 2 is 1.75 bits per heavy atom. The standard InChI is InChI=1S/C21H29FN6/c1-3-23-21(25-14-17-4-7-19(22)8-5-17)26-16-18-6-9-20(24-15-18)28-12-10-27(2)11-13-28/h4-9,15H,3,10-14,16H2,1-2H3,(H2,23,25,26). The average Bonchev–Trinajstić information content (AvgIpc) is 2.72. The molecule has 2 heterocycles. The van der Waals surface area contributed by atoms with E-state index in [1.807, 2.05) is 13.1 Å². The first kappa shape index (κ1) is 20.1. The molecule has 28 heavy (non-hydrogen) atoms. The van der Waals surface area contributed by atoms with E-state index in [1.165, 1.54) is 12.1 Å². The Bertz CT molecular complexity index is 751. The van der Waals surface area contributed by atoms with Gasteiger partial charge in [-0.25, -0.2) is 14.4 Å². The molecule has 3 rings (SSSR count). The third kappa shape index (κ3) is 5.92. The van der Waals surface area contributed by atoms with Crippen LogP contribution in [0.15, 0.2) is 47.6 Å². The maximum atomic E-state index is 13.0. The summed E-state index contributed by atoms with van der Waals surface area (Å²) < 4.78 is 13.0. The van der Waals surface area contributed by atoms with Crippen molar-refractivity contribution in [2.24, 2.45) is 4.99 Å². The lowest BCUT2D eigenvalue weighted by Gasteiger charge is -2.33. The maximum Gasteiger partial charge on any atom is 0.191 e. The number of anilines is 1. The highest BCUT2D eigenvalue weighted by atomic mass is 19.1. The lowest BCUT2D eigenvalue weighted by atomic mass is 10.2. The SMILES string of the molecule is CCNC(=NCc1ccc(N2CCN(C)CC2)nc1)NCc1ccc(F)cc1. The number of piperazine rings is 1. The van der Waals surface area contributed by atoms with Crippen molar-refractivity contribution in [3.8, 4) is 0 Å². The number of likely N-dealkylation sites (N-methyl/N-ethyl adjacent to an activating group) is 1. The zero-order valence-corrected chi connectivity index (χ0v) is 16.7. The Balaban J connectivity index is 1.55. The first-order valence-electron chi connectivity index (χ1n) is 9.79. The van der Waals surface area contributed by atoms with Crippen molar-refractivity contribution in [1.82, 2.24) is 20.5 Å². The number of aromatic nitrogens is 1. The Morgan fingerprint density at radius 3 is 2.39 bits per heavy atom. The Labute approximate surface area is 166 Å². The fourth-order valence-corrected chi connectivity index (χ4v) is 3.03. The predicted molar refractivity (Wildman–Crippen MR) is 112 cm³/mol. The van der Waals surface area contributed by atoms with Crippen molar-refractivity contribution in [1.29, 1.82) is 0 Å². The van der Waals surface area contributed by atoms with E-state index < -0.39 is 0 Å². The molecule has 1 saturated heterocycles. The third-order valence-corrected chi connectivity index (χ3v) is 4.77. The molecule has 0 unspecified atom stereocenters. The smallest absolute Gasteiger partial charge is 0.191 e. The summed E-state index contributed by atoms with van der Waals surface area (Å²) in [5.41, 5.74) is 2.07. The van der Waals surface area contributed by atoms with Crippen LogP contribution in [0.3, 0.4) is 0 Å². The lowest BCUT2D eigenvalue weighted by molar-refractivity contribution is 0.312. The molecular weight excluding hydrogens is 355 g/mol. The zero-order chi connectivity index (χ0) is 19.8. The van der Waals surface area contributed by atoms with E-state index in [4.69, 9.17) is 0 Å². The molecule has 0 aliphatic carbocycles. The summed E-state index contributed by atoms with van der Waals surface area (Å²) in [7, 11) is 2.15. The quantitative estimate of drug-likeness (QED) is 0.591. The molecule has 0 atom stereocenters. The molecule has 6 nitrogen and oxygen atoms in total. The Kier molecular flexibility index (Phi) is 7.19. The molecule has 0 saturated carbocycles. The van der Waals surface area contributed by atoms with Crippen molar-refractivity contribution in [2.75, 3.05) is 44.7 Å². The van der Waals surface area contributed by atoms with Crippen LogP contribution in [0.5, 0.6) is 0 Å². The van der Waals surface area contributed by atoms with Crippen LogP contribution in [0.1, 0.15) is 18.1 Å². The van der Waals surface area contributed by atoms with Crippen LogP contribution < -0.4 is 15.5 Å². The summed E-state index contributed by atoms with van der Waals surface area (Å²) in [6.45, 7) is 8.11. The molecule has 1 aromatic heterocycles. The second-order valence-electron chi connectivity index (χ2n) is 6.99. The summed E-state index contributed by atoms with van der Waals surface area (Å²) in [5, 5.41) is 6.51. The second kappa shape index (κ2) is 10.0. The van der Waals surface area contributed by atoms with E-state index in [0.717, 1.165) is 55.6 Å². The van der Waals surface area contributed by atoms with Gasteiger partial charge in [0.2, 0.25) is 0 Å². The van der Waals surface area contributed by atoms with Crippen molar-refractivity contribution in [3.05, 3.63) is 59.5 Å². The van der Waals surface area contributed by atoms with Crippen LogP contribution in [0.4, 0.5) is 10.2 Å². The Morgan fingerprint density at radius 1 is 1.04 bits per heavy atom.